The van der Waals surface area contributed by atoms with Gasteiger partial charge in [0.05, 0.1) is 29.7 Å². The van der Waals surface area contributed by atoms with Crippen molar-refractivity contribution in [1.29, 1.82) is 0 Å². The number of sulfonamides is 1. The molecular formula is C37H42N4O8S. The summed E-state index contributed by atoms with van der Waals surface area (Å²) in [6.45, 7) is 6.21. The van der Waals surface area contributed by atoms with E-state index in [1.165, 1.54) is 50.3 Å². The Balaban J connectivity index is 1.87. The first-order chi connectivity index (χ1) is 23.6. The van der Waals surface area contributed by atoms with Crippen molar-refractivity contribution in [2.24, 2.45) is 0 Å². The fraction of sp³-hybridized carbons (Fsp3) is 0.297. The number of aryl methyl sites for hydroxylation is 1. The number of nitrogens with zero attached hydrogens (tertiary/aromatic N) is 3. The van der Waals surface area contributed by atoms with Gasteiger partial charge in [0.15, 0.2) is 0 Å². The van der Waals surface area contributed by atoms with Crippen LogP contribution in [0.3, 0.4) is 0 Å². The summed E-state index contributed by atoms with van der Waals surface area (Å²) in [6, 6.07) is 24.8. The average molecular weight is 703 g/mol. The third-order valence-electron chi connectivity index (χ3n) is 7.86. The lowest BCUT2D eigenvalue weighted by Gasteiger charge is -2.35. The van der Waals surface area contributed by atoms with E-state index in [-0.39, 0.29) is 34.8 Å². The van der Waals surface area contributed by atoms with Gasteiger partial charge in [-0.2, -0.15) is 0 Å². The molecule has 1 N–H and O–H groups in total. The molecule has 0 aliphatic rings. The Morgan fingerprint density at radius 1 is 0.860 bits per heavy atom. The van der Waals surface area contributed by atoms with E-state index in [2.05, 4.69) is 5.32 Å². The van der Waals surface area contributed by atoms with Crippen LogP contribution in [0.25, 0.3) is 0 Å². The van der Waals surface area contributed by atoms with Crippen LogP contribution in [0.15, 0.2) is 102 Å². The zero-order chi connectivity index (χ0) is 36.6. The SMILES string of the molecule is COc1ccc(N(CC(=O)N(Cc2cccc(OC)c2)C(Cc2ccccc2)C(=O)NC(C)(C)C)S(=O)(=O)c2ccc(C)c([N+](=O)[O-])c2)cc1. The molecule has 12 nitrogen and oxygen atoms in total. The molecule has 0 heterocycles. The number of anilines is 1. The molecule has 4 aromatic rings. The maximum atomic E-state index is 14.7. The quantitative estimate of drug-likeness (QED) is 0.131. The van der Waals surface area contributed by atoms with Crippen molar-refractivity contribution in [2.45, 2.75) is 57.1 Å². The molecule has 0 spiro atoms. The van der Waals surface area contributed by atoms with Crippen molar-refractivity contribution in [3.8, 4) is 11.5 Å². The number of hydrogen-bond donors (Lipinski definition) is 1. The normalized spacial score (nSPS) is 12.0. The second-order valence-corrected chi connectivity index (χ2v) is 14.6. The molecule has 0 bridgehead atoms. The standard InChI is InChI=1S/C37H42N4O8S/c1-26-15-20-32(23-33(26)41(44)45)50(46,47)40(29-16-18-30(48-5)19-17-29)25-35(42)39(24-28-13-10-14-31(21-28)49-6)34(36(43)38-37(2,3)4)22-27-11-8-7-9-12-27/h7-21,23,34H,22,24-25H2,1-6H3,(H,38,43). The van der Waals surface area contributed by atoms with Gasteiger partial charge in [0, 0.05) is 30.1 Å². The average Bonchev–Trinajstić information content (AvgIpc) is 3.08. The summed E-state index contributed by atoms with van der Waals surface area (Å²) in [6.07, 6.45) is 0.137. The minimum absolute atomic E-state index is 0.0579. The van der Waals surface area contributed by atoms with E-state index in [1.807, 2.05) is 51.1 Å². The van der Waals surface area contributed by atoms with Gasteiger partial charge in [0.2, 0.25) is 11.8 Å². The fourth-order valence-electron chi connectivity index (χ4n) is 5.33. The Hall–Kier alpha value is -5.43. The predicted octanol–water partition coefficient (Wildman–Crippen LogP) is 5.67. The molecule has 50 heavy (non-hydrogen) atoms. The molecule has 0 saturated heterocycles. The van der Waals surface area contributed by atoms with Crippen LogP contribution in [0.2, 0.25) is 0 Å². The summed E-state index contributed by atoms with van der Waals surface area (Å²) in [5.74, 6) is -0.119. The summed E-state index contributed by atoms with van der Waals surface area (Å²) in [4.78, 5) is 40.9. The van der Waals surface area contributed by atoms with Crippen molar-refractivity contribution in [3.63, 3.8) is 0 Å². The molecule has 0 saturated carbocycles. The summed E-state index contributed by atoms with van der Waals surface area (Å²) in [7, 11) is -1.59. The third-order valence-corrected chi connectivity index (χ3v) is 9.63. The summed E-state index contributed by atoms with van der Waals surface area (Å²) >= 11 is 0. The van der Waals surface area contributed by atoms with Crippen LogP contribution in [-0.4, -0.2) is 62.4 Å². The minimum Gasteiger partial charge on any atom is -0.497 e. The number of carbonyl (C=O) groups is 2. The molecule has 4 rings (SSSR count). The van der Waals surface area contributed by atoms with E-state index in [0.29, 0.717) is 17.1 Å². The molecule has 4 aromatic carbocycles. The first-order valence-electron chi connectivity index (χ1n) is 15.8. The van der Waals surface area contributed by atoms with E-state index in [9.17, 15) is 28.1 Å². The summed E-state index contributed by atoms with van der Waals surface area (Å²) in [5, 5.41) is 14.8. The van der Waals surface area contributed by atoms with Gasteiger partial charge in [0.1, 0.15) is 24.1 Å². The van der Waals surface area contributed by atoms with Crippen LogP contribution in [0, 0.1) is 17.0 Å². The number of hydrogen-bond acceptors (Lipinski definition) is 8. The highest BCUT2D eigenvalue weighted by atomic mass is 32.2. The number of amides is 2. The lowest BCUT2D eigenvalue weighted by Crippen LogP contribution is -2.56. The van der Waals surface area contributed by atoms with E-state index in [0.717, 1.165) is 15.9 Å². The number of nitro benzene ring substituents is 1. The topological polar surface area (TPSA) is 148 Å². The molecule has 1 unspecified atom stereocenters. The van der Waals surface area contributed by atoms with Gasteiger partial charge in [-0.15, -0.1) is 0 Å². The molecule has 1 atom stereocenters. The van der Waals surface area contributed by atoms with Crippen LogP contribution in [-0.2, 0) is 32.6 Å². The summed E-state index contributed by atoms with van der Waals surface area (Å²) in [5.41, 5.74) is 0.800. The van der Waals surface area contributed by atoms with Crippen molar-refractivity contribution < 1.29 is 32.4 Å². The molecule has 0 aliphatic heterocycles. The lowest BCUT2D eigenvalue weighted by molar-refractivity contribution is -0.385. The maximum absolute atomic E-state index is 14.7. The largest absolute Gasteiger partial charge is 0.497 e. The monoisotopic (exact) mass is 702 g/mol. The van der Waals surface area contributed by atoms with E-state index < -0.39 is 44.9 Å². The minimum atomic E-state index is -4.57. The number of ether oxygens (including phenoxy) is 2. The highest BCUT2D eigenvalue weighted by Gasteiger charge is 2.36. The molecule has 264 valence electrons. The number of nitro groups is 1. The molecule has 0 radical (unpaired) electrons. The Morgan fingerprint density at radius 3 is 2.10 bits per heavy atom. The highest BCUT2D eigenvalue weighted by Crippen LogP contribution is 2.30. The first kappa shape index (κ1) is 37.4. The summed E-state index contributed by atoms with van der Waals surface area (Å²) < 4.78 is 40.3. The van der Waals surface area contributed by atoms with Gasteiger partial charge in [-0.1, -0.05) is 48.5 Å². The van der Waals surface area contributed by atoms with E-state index in [1.54, 1.807) is 36.4 Å². The van der Waals surface area contributed by atoms with Crippen molar-refractivity contribution in [2.75, 3.05) is 25.1 Å². The fourth-order valence-corrected chi connectivity index (χ4v) is 6.76. The van der Waals surface area contributed by atoms with Gasteiger partial charge in [0.25, 0.3) is 15.7 Å². The number of nitrogens with one attached hydrogen (secondary N) is 1. The van der Waals surface area contributed by atoms with E-state index in [4.69, 9.17) is 9.47 Å². The first-order valence-corrected chi connectivity index (χ1v) is 17.3. The molecule has 2 amide bonds. The van der Waals surface area contributed by atoms with Gasteiger partial charge in [-0.05, 0) is 81.3 Å². The lowest BCUT2D eigenvalue weighted by atomic mass is 10.0. The molecule has 0 fully saturated rings. The van der Waals surface area contributed by atoms with Crippen LogP contribution in [0.5, 0.6) is 11.5 Å². The van der Waals surface area contributed by atoms with Crippen LogP contribution in [0.1, 0.15) is 37.5 Å². The van der Waals surface area contributed by atoms with Gasteiger partial charge < -0.3 is 19.7 Å². The van der Waals surface area contributed by atoms with Crippen molar-refractivity contribution in [1.82, 2.24) is 10.2 Å². The molecule has 0 aromatic heterocycles. The molecule has 13 heteroatoms. The second kappa shape index (κ2) is 15.9. The van der Waals surface area contributed by atoms with Gasteiger partial charge >= 0.3 is 0 Å². The molecular weight excluding hydrogens is 660 g/mol. The Labute approximate surface area is 292 Å². The molecule has 0 aliphatic carbocycles. The number of carbonyl (C=O) groups excluding carboxylic acids is 2. The predicted molar refractivity (Wildman–Crippen MR) is 191 cm³/mol. The van der Waals surface area contributed by atoms with Gasteiger partial charge in [-0.3, -0.25) is 24.0 Å². The Morgan fingerprint density at radius 2 is 1.50 bits per heavy atom. The maximum Gasteiger partial charge on any atom is 0.273 e. The highest BCUT2D eigenvalue weighted by molar-refractivity contribution is 7.92. The number of benzene rings is 4. The number of methoxy groups -OCH3 is 2. The van der Waals surface area contributed by atoms with Crippen molar-refractivity contribution in [3.05, 3.63) is 124 Å². The zero-order valence-electron chi connectivity index (χ0n) is 29.0. The van der Waals surface area contributed by atoms with E-state index >= 15 is 0 Å². The van der Waals surface area contributed by atoms with Crippen LogP contribution < -0.4 is 19.1 Å². The Bertz CT molecular complexity index is 1930. The Kier molecular flexibility index (Phi) is 11.9. The zero-order valence-corrected chi connectivity index (χ0v) is 29.8. The van der Waals surface area contributed by atoms with Crippen LogP contribution >= 0.6 is 0 Å². The van der Waals surface area contributed by atoms with Crippen LogP contribution in [0.4, 0.5) is 11.4 Å². The van der Waals surface area contributed by atoms with Gasteiger partial charge in [-0.25, -0.2) is 8.42 Å². The second-order valence-electron chi connectivity index (χ2n) is 12.7. The number of rotatable bonds is 14. The third kappa shape index (κ3) is 9.38. The van der Waals surface area contributed by atoms with Crippen molar-refractivity contribution >= 4 is 33.2 Å². The smallest absolute Gasteiger partial charge is 0.273 e.